The quantitative estimate of drug-likeness (QED) is 0.867. The lowest BCUT2D eigenvalue weighted by molar-refractivity contribution is 0.151. The first-order chi connectivity index (χ1) is 12.7. The molecule has 0 aromatic heterocycles. The summed E-state index contributed by atoms with van der Waals surface area (Å²) in [5.41, 5.74) is 0.671. The molecule has 2 aliphatic rings. The molecule has 2 bridgehead atoms. The molecular weight excluding hydrogens is 326 g/mol. The summed E-state index contributed by atoms with van der Waals surface area (Å²) < 4.78 is 5.91. The Kier molecular flexibility index (Phi) is 4.80. The highest BCUT2D eigenvalue weighted by molar-refractivity contribution is 5.91. The molecule has 26 heavy (non-hydrogen) atoms. The van der Waals surface area contributed by atoms with Crippen LogP contribution >= 0.6 is 0 Å². The van der Waals surface area contributed by atoms with Crippen molar-refractivity contribution in [3.8, 4) is 11.5 Å². The van der Waals surface area contributed by atoms with Crippen LogP contribution in [0.2, 0.25) is 0 Å². The van der Waals surface area contributed by atoms with E-state index in [1.54, 1.807) is 0 Å². The van der Waals surface area contributed by atoms with Crippen LogP contribution in [-0.2, 0) is 0 Å². The summed E-state index contributed by atoms with van der Waals surface area (Å²) in [6, 6.07) is 18.4. The molecule has 2 aliphatic heterocycles. The molecule has 2 N–H and O–H groups in total. The predicted octanol–water partition coefficient (Wildman–Crippen LogP) is 4.23. The van der Waals surface area contributed by atoms with Crippen molar-refractivity contribution < 1.29 is 9.53 Å². The Morgan fingerprint density at radius 1 is 1.00 bits per heavy atom. The molecule has 2 fully saturated rings. The van der Waals surface area contributed by atoms with Crippen molar-refractivity contribution >= 4 is 11.7 Å². The summed E-state index contributed by atoms with van der Waals surface area (Å²) >= 11 is 0. The first kappa shape index (κ1) is 16.9. The zero-order valence-electron chi connectivity index (χ0n) is 15.0. The Labute approximate surface area is 154 Å². The van der Waals surface area contributed by atoms with Gasteiger partial charge in [-0.25, -0.2) is 4.79 Å². The first-order valence-electron chi connectivity index (χ1n) is 9.30. The van der Waals surface area contributed by atoms with Gasteiger partial charge in [-0.15, -0.1) is 0 Å². The minimum absolute atomic E-state index is 0.164. The van der Waals surface area contributed by atoms with Crippen LogP contribution in [0.4, 0.5) is 10.5 Å². The number of para-hydroxylation sites is 3. The third kappa shape index (κ3) is 3.68. The van der Waals surface area contributed by atoms with Gasteiger partial charge in [-0.3, -0.25) is 0 Å². The molecule has 0 radical (unpaired) electrons. The molecular formula is C21H25N3O2. The molecule has 4 rings (SSSR count). The Balaban J connectivity index is 1.39. The van der Waals surface area contributed by atoms with Gasteiger partial charge in [0.1, 0.15) is 5.75 Å². The van der Waals surface area contributed by atoms with Crippen LogP contribution in [0, 0.1) is 0 Å². The van der Waals surface area contributed by atoms with Gasteiger partial charge in [-0.05, 0) is 57.0 Å². The van der Waals surface area contributed by atoms with E-state index in [2.05, 4.69) is 22.6 Å². The Morgan fingerprint density at radius 3 is 2.38 bits per heavy atom. The average Bonchev–Trinajstić information content (AvgIpc) is 2.85. The molecule has 5 heteroatoms. The highest BCUT2D eigenvalue weighted by Crippen LogP contribution is 2.34. The first-order valence-corrected chi connectivity index (χ1v) is 9.30. The lowest BCUT2D eigenvalue weighted by Crippen LogP contribution is -2.49. The number of amides is 2. The second-order valence-corrected chi connectivity index (χ2v) is 7.23. The van der Waals surface area contributed by atoms with Gasteiger partial charge in [0.25, 0.3) is 0 Å². The highest BCUT2D eigenvalue weighted by Gasteiger charge is 2.38. The van der Waals surface area contributed by atoms with E-state index in [1.165, 1.54) is 12.8 Å². The van der Waals surface area contributed by atoms with Crippen molar-refractivity contribution in [1.29, 1.82) is 0 Å². The maximum atomic E-state index is 12.5. The number of carbonyl (C=O) groups is 1. The number of ether oxygens (including phenoxy) is 1. The second kappa shape index (κ2) is 7.38. The fraction of sp³-hybridized carbons (Fsp3) is 0.381. The van der Waals surface area contributed by atoms with Crippen LogP contribution in [-0.4, -0.2) is 36.1 Å². The minimum Gasteiger partial charge on any atom is -0.455 e. The summed E-state index contributed by atoms with van der Waals surface area (Å²) in [6.45, 7) is 0. The van der Waals surface area contributed by atoms with Crippen molar-refractivity contribution in [2.75, 3.05) is 12.4 Å². The number of nitrogens with one attached hydrogen (secondary N) is 2. The number of urea groups is 1. The van der Waals surface area contributed by atoms with Crippen LogP contribution in [0.1, 0.15) is 25.7 Å². The summed E-state index contributed by atoms with van der Waals surface area (Å²) in [5.74, 6) is 1.38. The van der Waals surface area contributed by atoms with Crippen molar-refractivity contribution in [2.45, 2.75) is 43.8 Å². The third-order valence-electron chi connectivity index (χ3n) is 5.54. The Bertz CT molecular complexity index is 751. The number of benzene rings is 2. The smallest absolute Gasteiger partial charge is 0.319 e. The zero-order valence-corrected chi connectivity index (χ0v) is 15.0. The molecule has 2 unspecified atom stereocenters. The van der Waals surface area contributed by atoms with Gasteiger partial charge in [-0.1, -0.05) is 30.3 Å². The standard InChI is InChI=1S/C21H25N3O2/c1-24-16-11-12-17(24)14-15(13-16)22-21(25)23-19-9-5-6-10-20(19)26-18-7-3-2-4-8-18/h2-10,15-17H,11-14H2,1H3,(H2,22,23,25). The molecule has 2 heterocycles. The molecule has 0 saturated carbocycles. The van der Waals surface area contributed by atoms with Gasteiger partial charge in [0.15, 0.2) is 5.75 Å². The van der Waals surface area contributed by atoms with Crippen LogP contribution < -0.4 is 15.4 Å². The van der Waals surface area contributed by atoms with E-state index >= 15 is 0 Å². The number of anilines is 1. The average molecular weight is 351 g/mol. The summed E-state index contributed by atoms with van der Waals surface area (Å²) in [4.78, 5) is 15.0. The van der Waals surface area contributed by atoms with Gasteiger partial charge in [0, 0.05) is 18.1 Å². The van der Waals surface area contributed by atoms with E-state index in [1.807, 2.05) is 54.6 Å². The topological polar surface area (TPSA) is 53.6 Å². The third-order valence-corrected chi connectivity index (χ3v) is 5.54. The van der Waals surface area contributed by atoms with Gasteiger partial charge in [0.2, 0.25) is 0 Å². The molecule has 2 aromatic rings. The number of carbonyl (C=O) groups excluding carboxylic acids is 1. The molecule has 5 nitrogen and oxygen atoms in total. The Morgan fingerprint density at radius 2 is 1.65 bits per heavy atom. The van der Waals surface area contributed by atoms with Crippen LogP contribution in [0.5, 0.6) is 11.5 Å². The van der Waals surface area contributed by atoms with Gasteiger partial charge in [0.05, 0.1) is 5.69 Å². The maximum absolute atomic E-state index is 12.5. The number of rotatable bonds is 4. The van der Waals surface area contributed by atoms with E-state index in [0.29, 0.717) is 23.5 Å². The molecule has 2 aromatic carbocycles. The Hall–Kier alpha value is -2.53. The largest absolute Gasteiger partial charge is 0.455 e. The van der Waals surface area contributed by atoms with Crippen molar-refractivity contribution in [1.82, 2.24) is 10.2 Å². The second-order valence-electron chi connectivity index (χ2n) is 7.23. The van der Waals surface area contributed by atoms with E-state index < -0.39 is 0 Å². The molecule has 0 spiro atoms. The van der Waals surface area contributed by atoms with Gasteiger partial charge < -0.3 is 20.3 Å². The molecule has 2 amide bonds. The van der Waals surface area contributed by atoms with E-state index in [4.69, 9.17) is 4.74 Å². The SMILES string of the molecule is CN1C2CCC1CC(NC(=O)Nc1ccccc1Oc1ccccc1)C2. The van der Waals surface area contributed by atoms with Crippen molar-refractivity contribution in [3.63, 3.8) is 0 Å². The number of hydrogen-bond donors (Lipinski definition) is 2. The summed E-state index contributed by atoms with van der Waals surface area (Å²) in [7, 11) is 2.20. The van der Waals surface area contributed by atoms with Crippen molar-refractivity contribution in [2.24, 2.45) is 0 Å². The molecule has 136 valence electrons. The fourth-order valence-electron chi connectivity index (χ4n) is 4.15. The van der Waals surface area contributed by atoms with E-state index in [9.17, 15) is 4.79 Å². The lowest BCUT2D eigenvalue weighted by Gasteiger charge is -2.36. The van der Waals surface area contributed by atoms with Crippen LogP contribution in [0.25, 0.3) is 0 Å². The van der Waals surface area contributed by atoms with Crippen molar-refractivity contribution in [3.05, 3.63) is 54.6 Å². The lowest BCUT2D eigenvalue weighted by atomic mass is 9.98. The minimum atomic E-state index is -0.164. The molecule has 2 atom stereocenters. The number of piperidine rings is 1. The van der Waals surface area contributed by atoms with E-state index in [-0.39, 0.29) is 12.1 Å². The maximum Gasteiger partial charge on any atom is 0.319 e. The summed E-state index contributed by atoms with van der Waals surface area (Å²) in [6.07, 6.45) is 4.55. The normalized spacial score (nSPS) is 24.9. The highest BCUT2D eigenvalue weighted by atomic mass is 16.5. The monoisotopic (exact) mass is 351 g/mol. The fourth-order valence-corrected chi connectivity index (χ4v) is 4.15. The van der Waals surface area contributed by atoms with Crippen LogP contribution in [0.3, 0.4) is 0 Å². The van der Waals surface area contributed by atoms with Crippen LogP contribution in [0.15, 0.2) is 54.6 Å². The molecule has 2 saturated heterocycles. The summed E-state index contributed by atoms with van der Waals surface area (Å²) in [5, 5.41) is 6.10. The molecule has 0 aliphatic carbocycles. The number of hydrogen-bond acceptors (Lipinski definition) is 3. The van der Waals surface area contributed by atoms with Gasteiger partial charge in [-0.2, -0.15) is 0 Å². The van der Waals surface area contributed by atoms with E-state index in [0.717, 1.165) is 18.6 Å². The number of fused-ring (bicyclic) bond motifs is 2. The number of nitrogens with zero attached hydrogens (tertiary/aromatic N) is 1. The van der Waals surface area contributed by atoms with Gasteiger partial charge >= 0.3 is 6.03 Å². The zero-order chi connectivity index (χ0) is 17.9. The predicted molar refractivity (Wildman–Crippen MR) is 103 cm³/mol.